The van der Waals surface area contributed by atoms with Crippen molar-refractivity contribution in [1.82, 2.24) is 4.98 Å². The number of hydrogen-bond donors (Lipinski definition) is 0. The Bertz CT molecular complexity index is 730. The molecule has 0 radical (unpaired) electrons. The third kappa shape index (κ3) is 2.28. The topological polar surface area (TPSA) is 51.7 Å². The first-order valence-electron chi connectivity index (χ1n) is 7.52. The standard InChI is InChI=1S/C17H16N2O3/c20-16-8-5-12-3-1-9-18-17(12)19(16)22-14-6-7-15-13(11-14)4-2-10-21-15/h1,3,6-7,9,11H,2,4-5,8,10H2. The van der Waals surface area contributed by atoms with Crippen LogP contribution in [-0.2, 0) is 17.6 Å². The zero-order chi connectivity index (χ0) is 14.9. The number of anilines is 1. The largest absolute Gasteiger partial charge is 0.493 e. The van der Waals surface area contributed by atoms with Crippen LogP contribution < -0.4 is 14.6 Å². The Morgan fingerprint density at radius 2 is 2.09 bits per heavy atom. The minimum Gasteiger partial charge on any atom is -0.493 e. The Morgan fingerprint density at radius 3 is 3.05 bits per heavy atom. The number of hydroxylamine groups is 1. The summed E-state index contributed by atoms with van der Waals surface area (Å²) in [6.07, 6.45) is 4.79. The van der Waals surface area contributed by atoms with Gasteiger partial charge in [-0.05, 0) is 54.7 Å². The average molecular weight is 296 g/mol. The van der Waals surface area contributed by atoms with Gasteiger partial charge in [-0.1, -0.05) is 6.07 Å². The molecule has 4 rings (SSSR count). The molecule has 3 heterocycles. The minimum atomic E-state index is -0.0693. The van der Waals surface area contributed by atoms with Crippen molar-refractivity contribution >= 4 is 11.7 Å². The van der Waals surface area contributed by atoms with E-state index in [1.165, 1.54) is 5.06 Å². The lowest BCUT2D eigenvalue weighted by Crippen LogP contribution is -2.38. The summed E-state index contributed by atoms with van der Waals surface area (Å²) < 4.78 is 5.60. The van der Waals surface area contributed by atoms with E-state index in [1.807, 2.05) is 30.3 Å². The van der Waals surface area contributed by atoms with Gasteiger partial charge >= 0.3 is 0 Å². The highest BCUT2D eigenvalue weighted by Crippen LogP contribution is 2.31. The summed E-state index contributed by atoms with van der Waals surface area (Å²) in [4.78, 5) is 22.3. The molecule has 2 aliphatic rings. The first kappa shape index (κ1) is 13.1. The fourth-order valence-corrected chi connectivity index (χ4v) is 2.86. The molecule has 22 heavy (non-hydrogen) atoms. The van der Waals surface area contributed by atoms with E-state index in [1.54, 1.807) is 6.20 Å². The fourth-order valence-electron chi connectivity index (χ4n) is 2.86. The van der Waals surface area contributed by atoms with Gasteiger partial charge in [-0.25, -0.2) is 4.98 Å². The van der Waals surface area contributed by atoms with Gasteiger partial charge in [0.15, 0.2) is 11.6 Å². The van der Waals surface area contributed by atoms with Gasteiger partial charge < -0.3 is 9.57 Å². The van der Waals surface area contributed by atoms with Gasteiger partial charge in [-0.15, -0.1) is 5.06 Å². The number of hydrogen-bond acceptors (Lipinski definition) is 4. The summed E-state index contributed by atoms with van der Waals surface area (Å²) in [7, 11) is 0. The summed E-state index contributed by atoms with van der Waals surface area (Å²) in [6, 6.07) is 9.53. The summed E-state index contributed by atoms with van der Waals surface area (Å²) in [5.74, 6) is 2.06. The molecule has 0 saturated heterocycles. The molecule has 2 aromatic rings. The van der Waals surface area contributed by atoms with Crippen molar-refractivity contribution in [2.24, 2.45) is 0 Å². The maximum absolute atomic E-state index is 12.2. The van der Waals surface area contributed by atoms with Crippen LogP contribution in [0.3, 0.4) is 0 Å². The minimum absolute atomic E-state index is 0.0693. The molecule has 0 fully saturated rings. The van der Waals surface area contributed by atoms with E-state index in [0.29, 0.717) is 24.4 Å². The van der Waals surface area contributed by atoms with Crippen LogP contribution in [0.25, 0.3) is 0 Å². The van der Waals surface area contributed by atoms with Gasteiger partial charge in [0, 0.05) is 12.6 Å². The molecule has 2 aliphatic heterocycles. The number of carbonyl (C=O) groups excluding carboxylic acids is 1. The van der Waals surface area contributed by atoms with Crippen LogP contribution >= 0.6 is 0 Å². The van der Waals surface area contributed by atoms with Crippen molar-refractivity contribution in [3.05, 3.63) is 47.7 Å². The molecule has 0 unspecified atom stereocenters. The first-order valence-corrected chi connectivity index (χ1v) is 7.52. The molecule has 1 amide bonds. The van der Waals surface area contributed by atoms with Gasteiger partial charge in [0.1, 0.15) is 5.75 Å². The van der Waals surface area contributed by atoms with Gasteiger partial charge in [0.2, 0.25) is 0 Å². The van der Waals surface area contributed by atoms with Crippen LogP contribution in [0.5, 0.6) is 11.5 Å². The number of benzene rings is 1. The summed E-state index contributed by atoms with van der Waals surface area (Å²) >= 11 is 0. The average Bonchev–Trinajstić information content (AvgIpc) is 2.57. The lowest BCUT2D eigenvalue weighted by molar-refractivity contribution is -0.123. The Hall–Kier alpha value is -2.56. The van der Waals surface area contributed by atoms with E-state index in [2.05, 4.69) is 4.98 Å². The smallest absolute Gasteiger partial charge is 0.262 e. The van der Waals surface area contributed by atoms with Crippen LogP contribution in [0, 0.1) is 0 Å². The number of fused-ring (bicyclic) bond motifs is 2. The molecule has 1 aromatic heterocycles. The van der Waals surface area contributed by atoms with E-state index >= 15 is 0 Å². The van der Waals surface area contributed by atoms with Crippen LogP contribution in [0.4, 0.5) is 5.82 Å². The highest BCUT2D eigenvalue weighted by molar-refractivity contribution is 5.93. The number of aromatic nitrogens is 1. The third-order valence-electron chi connectivity index (χ3n) is 3.97. The quantitative estimate of drug-likeness (QED) is 0.855. The number of pyridine rings is 1. The molecular weight excluding hydrogens is 280 g/mol. The van der Waals surface area contributed by atoms with Gasteiger partial charge in [-0.3, -0.25) is 4.79 Å². The molecule has 0 spiro atoms. The first-order chi connectivity index (χ1) is 10.8. The number of ether oxygens (including phenoxy) is 1. The van der Waals surface area contributed by atoms with Crippen LogP contribution in [0.15, 0.2) is 36.5 Å². The number of nitrogens with zero attached hydrogens (tertiary/aromatic N) is 2. The SMILES string of the molecule is O=C1CCc2cccnc2N1Oc1ccc2c(c1)CCCO2. The van der Waals surface area contributed by atoms with E-state index < -0.39 is 0 Å². The molecule has 0 saturated carbocycles. The monoisotopic (exact) mass is 296 g/mol. The van der Waals surface area contributed by atoms with E-state index in [-0.39, 0.29) is 5.91 Å². The van der Waals surface area contributed by atoms with Crippen LogP contribution in [-0.4, -0.2) is 17.5 Å². The predicted octanol–water partition coefficient (Wildman–Crippen LogP) is 2.68. The van der Waals surface area contributed by atoms with Crippen molar-refractivity contribution in [3.8, 4) is 11.5 Å². The maximum atomic E-state index is 12.2. The summed E-state index contributed by atoms with van der Waals surface area (Å²) in [5, 5.41) is 1.31. The van der Waals surface area contributed by atoms with Crippen LogP contribution in [0.2, 0.25) is 0 Å². The Morgan fingerprint density at radius 1 is 1.14 bits per heavy atom. The Balaban J connectivity index is 1.64. The zero-order valence-electron chi connectivity index (χ0n) is 12.1. The third-order valence-corrected chi connectivity index (χ3v) is 3.97. The molecule has 0 N–H and O–H groups in total. The van der Waals surface area contributed by atoms with E-state index in [0.717, 1.165) is 36.3 Å². The second-order valence-corrected chi connectivity index (χ2v) is 5.49. The molecule has 5 heteroatoms. The predicted molar refractivity (Wildman–Crippen MR) is 80.9 cm³/mol. The zero-order valence-corrected chi connectivity index (χ0v) is 12.1. The highest BCUT2D eigenvalue weighted by Gasteiger charge is 2.27. The highest BCUT2D eigenvalue weighted by atomic mass is 16.7. The second-order valence-electron chi connectivity index (χ2n) is 5.49. The number of aryl methyl sites for hydroxylation is 2. The summed E-state index contributed by atoms with van der Waals surface area (Å²) in [5.41, 5.74) is 2.15. The maximum Gasteiger partial charge on any atom is 0.262 e. The number of rotatable bonds is 2. The second kappa shape index (κ2) is 5.33. The normalized spacial score (nSPS) is 16.5. The van der Waals surface area contributed by atoms with Gasteiger partial charge in [0.25, 0.3) is 5.91 Å². The number of amides is 1. The molecular formula is C17H16N2O3. The van der Waals surface area contributed by atoms with Crippen LogP contribution in [0.1, 0.15) is 24.0 Å². The van der Waals surface area contributed by atoms with E-state index in [4.69, 9.17) is 9.57 Å². The van der Waals surface area contributed by atoms with Crippen molar-refractivity contribution < 1.29 is 14.4 Å². The van der Waals surface area contributed by atoms with Crippen molar-refractivity contribution in [3.63, 3.8) is 0 Å². The molecule has 0 atom stereocenters. The molecule has 5 nitrogen and oxygen atoms in total. The van der Waals surface area contributed by atoms with Gasteiger partial charge in [0.05, 0.1) is 6.61 Å². The van der Waals surface area contributed by atoms with Crippen molar-refractivity contribution in [2.75, 3.05) is 11.7 Å². The Kier molecular flexibility index (Phi) is 3.18. The van der Waals surface area contributed by atoms with Crippen molar-refractivity contribution in [2.45, 2.75) is 25.7 Å². The Labute approximate surface area is 128 Å². The van der Waals surface area contributed by atoms with Gasteiger partial charge in [-0.2, -0.15) is 0 Å². The van der Waals surface area contributed by atoms with E-state index in [9.17, 15) is 4.79 Å². The fraction of sp³-hybridized carbons (Fsp3) is 0.294. The molecule has 112 valence electrons. The number of carbonyl (C=O) groups is 1. The molecule has 0 aliphatic carbocycles. The molecule has 1 aromatic carbocycles. The molecule has 0 bridgehead atoms. The summed E-state index contributed by atoms with van der Waals surface area (Å²) in [6.45, 7) is 0.759. The lowest BCUT2D eigenvalue weighted by atomic mass is 10.1. The lowest BCUT2D eigenvalue weighted by Gasteiger charge is -2.27. The van der Waals surface area contributed by atoms with Crippen molar-refractivity contribution in [1.29, 1.82) is 0 Å².